The summed E-state index contributed by atoms with van der Waals surface area (Å²) < 4.78 is 18.7. The first-order chi connectivity index (χ1) is 21.9. The number of thioether (sulfide) groups is 1. The standard InChI is InChI=1S/C36H37NO7S/c1-42-31-10-2-3-11-33(31)45-23-30-20-32(26-14-12-24(22-38)13-15-26)44-36(43-30)29-9-5-8-28(19-29)27-7-4-6-25(18-27)21-37-34(39)16-17-35(40)41/h2-15,18-19,30,32,36,38H,16-17,20-23H2,1H3,(H,37,39)(H,40,41)/t30-,32+,36+/m0/s1. The number of aliphatic carboxylic acids is 1. The molecule has 4 aromatic carbocycles. The highest BCUT2D eigenvalue weighted by Gasteiger charge is 2.32. The lowest BCUT2D eigenvalue weighted by Crippen LogP contribution is -2.31. The molecule has 0 saturated carbocycles. The van der Waals surface area contributed by atoms with Crippen LogP contribution >= 0.6 is 11.8 Å². The Balaban J connectivity index is 1.34. The number of ether oxygens (including phenoxy) is 3. The van der Waals surface area contributed by atoms with E-state index in [1.165, 1.54) is 0 Å². The van der Waals surface area contributed by atoms with E-state index in [0.29, 0.717) is 18.7 Å². The predicted molar refractivity (Wildman–Crippen MR) is 173 cm³/mol. The van der Waals surface area contributed by atoms with Crippen LogP contribution in [0.25, 0.3) is 11.1 Å². The van der Waals surface area contributed by atoms with Crippen LogP contribution in [0.3, 0.4) is 0 Å². The number of para-hydroxylation sites is 1. The molecular weight excluding hydrogens is 590 g/mol. The maximum Gasteiger partial charge on any atom is 0.303 e. The van der Waals surface area contributed by atoms with Gasteiger partial charge in [-0.05, 0) is 52.1 Å². The molecular formula is C36H37NO7S. The maximum atomic E-state index is 12.0. The molecule has 1 amide bonds. The van der Waals surface area contributed by atoms with Gasteiger partial charge < -0.3 is 29.7 Å². The quantitative estimate of drug-likeness (QED) is 0.141. The van der Waals surface area contributed by atoms with Gasteiger partial charge in [-0.25, -0.2) is 0 Å². The second-order valence-corrected chi connectivity index (χ2v) is 11.9. The van der Waals surface area contributed by atoms with Gasteiger partial charge in [0.1, 0.15) is 5.75 Å². The van der Waals surface area contributed by atoms with Crippen LogP contribution in [0.4, 0.5) is 0 Å². The van der Waals surface area contributed by atoms with Crippen molar-refractivity contribution in [2.24, 2.45) is 0 Å². The summed E-state index contributed by atoms with van der Waals surface area (Å²) in [5.41, 5.74) is 5.63. The van der Waals surface area contributed by atoms with Gasteiger partial charge in [0.25, 0.3) is 0 Å². The number of rotatable bonds is 13. The highest BCUT2D eigenvalue weighted by Crippen LogP contribution is 2.41. The fourth-order valence-corrected chi connectivity index (χ4v) is 6.23. The number of hydrogen-bond donors (Lipinski definition) is 3. The molecule has 0 aromatic heterocycles. The van der Waals surface area contributed by atoms with Crippen LogP contribution in [0.15, 0.2) is 102 Å². The number of carbonyl (C=O) groups excluding carboxylic acids is 1. The van der Waals surface area contributed by atoms with Gasteiger partial charge in [0.05, 0.1) is 32.3 Å². The summed E-state index contributed by atoms with van der Waals surface area (Å²) >= 11 is 1.69. The molecule has 3 N–H and O–H groups in total. The smallest absolute Gasteiger partial charge is 0.303 e. The first-order valence-electron chi connectivity index (χ1n) is 14.9. The number of carbonyl (C=O) groups is 2. The van der Waals surface area contributed by atoms with Crippen molar-refractivity contribution in [3.63, 3.8) is 0 Å². The van der Waals surface area contributed by atoms with Gasteiger partial charge in [0.15, 0.2) is 6.29 Å². The van der Waals surface area contributed by atoms with E-state index < -0.39 is 12.3 Å². The van der Waals surface area contributed by atoms with E-state index in [9.17, 15) is 14.7 Å². The molecule has 0 unspecified atom stereocenters. The molecule has 3 atom stereocenters. The number of carboxylic acid groups (broad SMARTS) is 1. The summed E-state index contributed by atoms with van der Waals surface area (Å²) in [5.74, 6) is 0.253. The third kappa shape index (κ3) is 8.95. The van der Waals surface area contributed by atoms with Gasteiger partial charge in [-0.15, -0.1) is 11.8 Å². The van der Waals surface area contributed by atoms with Gasteiger partial charge in [0, 0.05) is 35.6 Å². The Bertz CT molecular complexity index is 1590. The van der Waals surface area contributed by atoms with Crippen LogP contribution in [0.5, 0.6) is 5.75 Å². The first-order valence-corrected chi connectivity index (χ1v) is 15.8. The van der Waals surface area contributed by atoms with Crippen LogP contribution in [0, 0.1) is 0 Å². The highest BCUT2D eigenvalue weighted by atomic mass is 32.2. The third-order valence-electron chi connectivity index (χ3n) is 7.58. The minimum absolute atomic E-state index is 0.0131. The Hall–Kier alpha value is -4.15. The lowest BCUT2D eigenvalue weighted by Gasteiger charge is -2.36. The number of carboxylic acids is 1. The first kappa shape index (κ1) is 32.2. The third-order valence-corrected chi connectivity index (χ3v) is 8.77. The fraction of sp³-hybridized carbons (Fsp3) is 0.278. The second-order valence-electron chi connectivity index (χ2n) is 10.8. The lowest BCUT2D eigenvalue weighted by atomic mass is 9.99. The topological polar surface area (TPSA) is 114 Å². The SMILES string of the molecule is COc1ccccc1SC[C@@H]1C[C@H](c2ccc(CO)cc2)O[C@H](c2cccc(-c3cccc(CNC(=O)CCC(=O)O)c3)c2)O1. The van der Waals surface area contributed by atoms with E-state index in [1.54, 1.807) is 18.9 Å². The number of aliphatic hydroxyl groups excluding tert-OH is 1. The molecule has 234 valence electrons. The minimum Gasteiger partial charge on any atom is -0.496 e. The molecule has 0 radical (unpaired) electrons. The summed E-state index contributed by atoms with van der Waals surface area (Å²) in [6.07, 6.45) is -0.463. The summed E-state index contributed by atoms with van der Waals surface area (Å²) in [5, 5.41) is 21.1. The van der Waals surface area contributed by atoms with Crippen molar-refractivity contribution in [1.82, 2.24) is 5.32 Å². The molecule has 1 fully saturated rings. The number of benzene rings is 4. The van der Waals surface area contributed by atoms with Crippen LogP contribution in [-0.4, -0.2) is 41.1 Å². The average molecular weight is 628 g/mol. The normalized spacial score (nSPS) is 17.9. The average Bonchev–Trinajstić information content (AvgIpc) is 3.09. The Morgan fingerprint density at radius 3 is 2.38 bits per heavy atom. The Labute approximate surface area is 267 Å². The van der Waals surface area contributed by atoms with Gasteiger partial charge in [-0.3, -0.25) is 9.59 Å². The highest BCUT2D eigenvalue weighted by molar-refractivity contribution is 7.99. The lowest BCUT2D eigenvalue weighted by molar-refractivity contribution is -0.245. The van der Waals surface area contributed by atoms with Gasteiger partial charge >= 0.3 is 5.97 Å². The zero-order valence-corrected chi connectivity index (χ0v) is 25.9. The molecule has 8 nitrogen and oxygen atoms in total. The summed E-state index contributed by atoms with van der Waals surface area (Å²) in [6.45, 7) is 0.296. The van der Waals surface area contributed by atoms with Crippen molar-refractivity contribution in [3.05, 3.63) is 119 Å². The largest absolute Gasteiger partial charge is 0.496 e. The molecule has 4 aromatic rings. The molecule has 45 heavy (non-hydrogen) atoms. The van der Waals surface area contributed by atoms with E-state index in [1.807, 2.05) is 91.0 Å². The predicted octanol–water partition coefficient (Wildman–Crippen LogP) is 6.67. The maximum absolute atomic E-state index is 12.0. The molecule has 0 bridgehead atoms. The zero-order chi connectivity index (χ0) is 31.6. The molecule has 1 heterocycles. The molecule has 1 aliphatic rings. The summed E-state index contributed by atoms with van der Waals surface area (Å²) in [4.78, 5) is 23.8. The number of aliphatic hydroxyl groups is 1. The Kier molecular flexibility index (Phi) is 11.3. The van der Waals surface area contributed by atoms with Crippen LogP contribution in [0.1, 0.15) is 53.9 Å². The molecule has 0 spiro atoms. The molecule has 1 aliphatic heterocycles. The van der Waals surface area contributed by atoms with Crippen molar-refractivity contribution < 1.29 is 34.0 Å². The van der Waals surface area contributed by atoms with E-state index in [0.717, 1.165) is 44.0 Å². The van der Waals surface area contributed by atoms with Crippen LogP contribution < -0.4 is 10.1 Å². The fourth-order valence-electron chi connectivity index (χ4n) is 5.18. The summed E-state index contributed by atoms with van der Waals surface area (Å²) in [6, 6.07) is 31.8. The second kappa shape index (κ2) is 15.7. The van der Waals surface area contributed by atoms with Gasteiger partial charge in [-0.1, -0.05) is 72.8 Å². The van der Waals surface area contributed by atoms with E-state index >= 15 is 0 Å². The van der Waals surface area contributed by atoms with Crippen molar-refractivity contribution in [1.29, 1.82) is 0 Å². The van der Waals surface area contributed by atoms with Crippen molar-refractivity contribution in [3.8, 4) is 16.9 Å². The molecule has 9 heteroatoms. The minimum atomic E-state index is -0.995. The Morgan fingerprint density at radius 2 is 1.62 bits per heavy atom. The number of methoxy groups -OCH3 is 1. The van der Waals surface area contributed by atoms with Crippen molar-refractivity contribution in [2.75, 3.05) is 12.9 Å². The van der Waals surface area contributed by atoms with E-state index in [4.69, 9.17) is 19.3 Å². The molecule has 0 aliphatic carbocycles. The van der Waals surface area contributed by atoms with Crippen molar-refractivity contribution in [2.45, 2.75) is 55.8 Å². The summed E-state index contributed by atoms with van der Waals surface area (Å²) in [7, 11) is 1.67. The van der Waals surface area contributed by atoms with Gasteiger partial charge in [0.2, 0.25) is 5.91 Å². The van der Waals surface area contributed by atoms with E-state index in [2.05, 4.69) is 11.4 Å². The van der Waals surface area contributed by atoms with Crippen LogP contribution in [-0.2, 0) is 32.2 Å². The molecule has 1 saturated heterocycles. The van der Waals surface area contributed by atoms with Crippen LogP contribution in [0.2, 0.25) is 0 Å². The van der Waals surface area contributed by atoms with Gasteiger partial charge in [-0.2, -0.15) is 0 Å². The monoisotopic (exact) mass is 627 g/mol. The van der Waals surface area contributed by atoms with Crippen molar-refractivity contribution >= 4 is 23.6 Å². The Morgan fingerprint density at radius 1 is 0.867 bits per heavy atom. The molecule has 5 rings (SSSR count). The number of hydrogen-bond acceptors (Lipinski definition) is 7. The van der Waals surface area contributed by atoms with E-state index in [-0.39, 0.29) is 37.6 Å². The zero-order valence-electron chi connectivity index (χ0n) is 25.1. The number of amides is 1. The number of nitrogens with one attached hydrogen (secondary N) is 1.